The summed E-state index contributed by atoms with van der Waals surface area (Å²) in [6.45, 7) is 1.88. The number of nitrogens with zero attached hydrogens (tertiary/aromatic N) is 2. The third kappa shape index (κ3) is 8.25. The third-order valence-corrected chi connectivity index (χ3v) is 7.34. The van der Waals surface area contributed by atoms with E-state index in [0.717, 1.165) is 16.1 Å². The quantitative estimate of drug-likeness (QED) is 0.272. The molecule has 40 heavy (non-hydrogen) atoms. The van der Waals surface area contributed by atoms with Gasteiger partial charge in [0.15, 0.2) is 0 Å². The lowest BCUT2D eigenvalue weighted by molar-refractivity contribution is -0.138. The van der Waals surface area contributed by atoms with Crippen LogP contribution in [0.4, 0.5) is 22.0 Å². The highest BCUT2D eigenvalue weighted by Gasteiger charge is 2.27. The van der Waals surface area contributed by atoms with Gasteiger partial charge in [-0.05, 0) is 47.9 Å². The molecule has 3 amide bonds. The van der Waals surface area contributed by atoms with E-state index in [1.165, 1.54) is 32.5 Å². The van der Waals surface area contributed by atoms with Crippen LogP contribution in [0.1, 0.15) is 29.2 Å². The molecule has 0 saturated carbocycles. The minimum absolute atomic E-state index is 0.0199. The standard InChI is InChI=1S/C27H31N5O7S/c1-17-7-5-6-8-20(17)29-27(36)30-21-11-9-18(13-23(21)39-3)14-25(33)31-24-12-10-19(16-28-24)22(15-26(34)35)32(2)40(4,37)38/h5-13,16,22H,14-15H2,1-4H3,(H,34,35)(H,28,31,33)(H2,29,30,36). The number of amides is 3. The number of para-hydroxylation sites is 1. The minimum Gasteiger partial charge on any atom is -0.495 e. The van der Waals surface area contributed by atoms with Crippen molar-refractivity contribution in [1.29, 1.82) is 0 Å². The SMILES string of the molecule is COc1cc(CC(=O)Nc2ccc(C(CC(=O)O)N(C)S(C)(=O)=O)cn2)ccc1NC(=O)Nc1ccccc1C. The van der Waals surface area contributed by atoms with Crippen LogP contribution in [-0.2, 0) is 26.0 Å². The van der Waals surface area contributed by atoms with Crippen LogP contribution in [0, 0.1) is 6.92 Å². The van der Waals surface area contributed by atoms with Crippen molar-refractivity contribution in [3.63, 3.8) is 0 Å². The molecule has 1 aromatic heterocycles. The summed E-state index contributed by atoms with van der Waals surface area (Å²) in [5.41, 5.74) is 3.00. The average molecular weight is 570 g/mol. The maximum atomic E-state index is 12.6. The zero-order valence-corrected chi connectivity index (χ0v) is 23.3. The van der Waals surface area contributed by atoms with Crippen molar-refractivity contribution in [3.05, 3.63) is 77.5 Å². The summed E-state index contributed by atoms with van der Waals surface area (Å²) in [4.78, 5) is 40.5. The van der Waals surface area contributed by atoms with Crippen molar-refractivity contribution in [2.75, 3.05) is 36.4 Å². The number of carbonyl (C=O) groups excluding carboxylic acids is 2. The second-order valence-corrected chi connectivity index (χ2v) is 11.1. The molecule has 0 aliphatic rings. The molecule has 4 N–H and O–H groups in total. The van der Waals surface area contributed by atoms with Crippen LogP contribution in [0.3, 0.4) is 0 Å². The van der Waals surface area contributed by atoms with Crippen LogP contribution >= 0.6 is 0 Å². The molecule has 3 rings (SSSR count). The maximum absolute atomic E-state index is 12.6. The number of hydrogen-bond donors (Lipinski definition) is 4. The number of sulfonamides is 1. The first-order chi connectivity index (χ1) is 18.9. The lowest BCUT2D eigenvalue weighted by Gasteiger charge is -2.25. The molecule has 1 unspecified atom stereocenters. The minimum atomic E-state index is -3.66. The normalized spacial score (nSPS) is 11.9. The van der Waals surface area contributed by atoms with E-state index in [1.54, 1.807) is 24.3 Å². The van der Waals surface area contributed by atoms with Crippen LogP contribution in [-0.4, -0.2) is 61.1 Å². The molecule has 0 fully saturated rings. The first kappa shape index (κ1) is 30.1. The molecule has 0 aliphatic heterocycles. The zero-order chi connectivity index (χ0) is 29.4. The monoisotopic (exact) mass is 569 g/mol. The number of pyridine rings is 1. The molecule has 13 heteroatoms. The average Bonchev–Trinajstić information content (AvgIpc) is 2.89. The van der Waals surface area contributed by atoms with Crippen LogP contribution < -0.4 is 20.7 Å². The van der Waals surface area contributed by atoms with Gasteiger partial charge in [0.2, 0.25) is 15.9 Å². The Labute approximate surface area is 232 Å². The van der Waals surface area contributed by atoms with Gasteiger partial charge in [0.05, 0.1) is 37.9 Å². The van der Waals surface area contributed by atoms with Crippen LogP contribution in [0.5, 0.6) is 5.75 Å². The molecule has 0 radical (unpaired) electrons. The Morgan fingerprint density at radius 2 is 1.73 bits per heavy atom. The van der Waals surface area contributed by atoms with Crippen molar-refractivity contribution in [2.45, 2.75) is 25.8 Å². The number of methoxy groups -OCH3 is 1. The Morgan fingerprint density at radius 1 is 1.02 bits per heavy atom. The second kappa shape index (κ2) is 13.0. The number of carboxylic acid groups (broad SMARTS) is 1. The highest BCUT2D eigenvalue weighted by molar-refractivity contribution is 7.88. The van der Waals surface area contributed by atoms with Crippen LogP contribution in [0.15, 0.2) is 60.8 Å². The van der Waals surface area contributed by atoms with Crippen LogP contribution in [0.25, 0.3) is 0 Å². The van der Waals surface area contributed by atoms with Gasteiger partial charge in [-0.15, -0.1) is 0 Å². The van der Waals surface area contributed by atoms with E-state index in [4.69, 9.17) is 4.74 Å². The van der Waals surface area contributed by atoms with E-state index in [9.17, 15) is 27.9 Å². The molecule has 3 aromatic rings. The molecular weight excluding hydrogens is 538 g/mol. The highest BCUT2D eigenvalue weighted by Crippen LogP contribution is 2.27. The molecule has 0 bridgehead atoms. The maximum Gasteiger partial charge on any atom is 0.323 e. The summed E-state index contributed by atoms with van der Waals surface area (Å²) >= 11 is 0. The Balaban J connectivity index is 1.64. The predicted molar refractivity (Wildman–Crippen MR) is 151 cm³/mol. The Bertz CT molecular complexity index is 1490. The number of hydrogen-bond acceptors (Lipinski definition) is 7. The molecule has 0 saturated heterocycles. The number of carbonyl (C=O) groups is 3. The third-order valence-electron chi connectivity index (χ3n) is 6.04. The molecule has 12 nitrogen and oxygen atoms in total. The fourth-order valence-corrected chi connectivity index (χ4v) is 4.50. The Hall–Kier alpha value is -4.49. The molecule has 0 aliphatic carbocycles. The van der Waals surface area contributed by atoms with Crippen molar-refractivity contribution in [3.8, 4) is 5.75 Å². The number of urea groups is 1. The summed E-state index contributed by atoms with van der Waals surface area (Å²) < 4.78 is 30.2. The lowest BCUT2D eigenvalue weighted by atomic mass is 10.1. The molecule has 1 atom stereocenters. The van der Waals surface area contributed by atoms with Gasteiger partial charge in [-0.1, -0.05) is 30.3 Å². The fraction of sp³-hybridized carbons (Fsp3) is 0.259. The van der Waals surface area contributed by atoms with E-state index < -0.39 is 34.5 Å². The number of aromatic nitrogens is 1. The van der Waals surface area contributed by atoms with Gasteiger partial charge in [-0.3, -0.25) is 9.59 Å². The molecule has 0 spiro atoms. The summed E-state index contributed by atoms with van der Waals surface area (Å²) in [6.07, 6.45) is 1.85. The van der Waals surface area contributed by atoms with E-state index in [2.05, 4.69) is 20.9 Å². The first-order valence-electron chi connectivity index (χ1n) is 12.1. The Morgan fingerprint density at radius 3 is 2.33 bits per heavy atom. The van der Waals surface area contributed by atoms with Crippen molar-refractivity contribution in [1.82, 2.24) is 9.29 Å². The van der Waals surface area contributed by atoms with E-state index in [-0.39, 0.29) is 18.1 Å². The first-order valence-corrected chi connectivity index (χ1v) is 13.9. The number of benzene rings is 2. The molecular formula is C27H31N5O7S. The number of aliphatic carboxylic acids is 1. The summed E-state index contributed by atoms with van der Waals surface area (Å²) in [5, 5.41) is 17.4. The summed E-state index contributed by atoms with van der Waals surface area (Å²) in [5.74, 6) is -0.966. The number of rotatable bonds is 11. The second-order valence-electron chi connectivity index (χ2n) is 9.02. The number of carboxylic acids is 1. The molecule has 1 heterocycles. The van der Waals surface area contributed by atoms with Crippen LogP contribution in [0.2, 0.25) is 0 Å². The van der Waals surface area contributed by atoms with Gasteiger partial charge in [-0.2, -0.15) is 4.31 Å². The summed E-state index contributed by atoms with van der Waals surface area (Å²) in [7, 11) is -0.908. The van der Waals surface area contributed by atoms with Gasteiger partial charge in [0, 0.05) is 18.9 Å². The number of aryl methyl sites for hydroxylation is 1. The van der Waals surface area contributed by atoms with E-state index >= 15 is 0 Å². The van der Waals surface area contributed by atoms with Crippen molar-refractivity contribution >= 4 is 45.1 Å². The fourth-order valence-electron chi connectivity index (χ4n) is 3.84. The van der Waals surface area contributed by atoms with Gasteiger partial charge in [0.25, 0.3) is 0 Å². The van der Waals surface area contributed by atoms with E-state index in [0.29, 0.717) is 28.3 Å². The zero-order valence-electron chi connectivity index (χ0n) is 22.5. The Kier molecular flexibility index (Phi) is 9.80. The lowest BCUT2D eigenvalue weighted by Crippen LogP contribution is -2.31. The smallest absolute Gasteiger partial charge is 0.323 e. The number of ether oxygens (including phenoxy) is 1. The van der Waals surface area contributed by atoms with Gasteiger partial charge in [0.1, 0.15) is 11.6 Å². The summed E-state index contributed by atoms with van der Waals surface area (Å²) in [6, 6.07) is 13.9. The topological polar surface area (TPSA) is 167 Å². The van der Waals surface area contributed by atoms with E-state index in [1.807, 2.05) is 25.1 Å². The van der Waals surface area contributed by atoms with Gasteiger partial charge in [-0.25, -0.2) is 18.2 Å². The highest BCUT2D eigenvalue weighted by atomic mass is 32.2. The molecule has 212 valence electrons. The van der Waals surface area contributed by atoms with Gasteiger partial charge >= 0.3 is 12.0 Å². The van der Waals surface area contributed by atoms with Crippen molar-refractivity contribution in [2.24, 2.45) is 0 Å². The van der Waals surface area contributed by atoms with Crippen molar-refractivity contribution < 1.29 is 32.6 Å². The van der Waals surface area contributed by atoms with Gasteiger partial charge < -0.3 is 25.8 Å². The number of nitrogens with one attached hydrogen (secondary N) is 3. The molecule has 2 aromatic carbocycles. The largest absolute Gasteiger partial charge is 0.495 e. The predicted octanol–water partition coefficient (Wildman–Crippen LogP) is 3.63. The number of anilines is 3.